The van der Waals surface area contributed by atoms with Crippen molar-refractivity contribution in [3.63, 3.8) is 0 Å². The van der Waals surface area contributed by atoms with E-state index in [1.54, 1.807) is 0 Å². The molecule has 1 aromatic carbocycles. The third-order valence-electron chi connectivity index (χ3n) is 2.16. The fourth-order valence-electron chi connectivity index (χ4n) is 1.39. The molecule has 4 nitrogen and oxygen atoms in total. The Morgan fingerprint density at radius 2 is 2.18 bits per heavy atom. The third kappa shape index (κ3) is 2.23. The molecule has 0 N–H and O–H groups in total. The quantitative estimate of drug-likeness (QED) is 0.715. The van der Waals surface area contributed by atoms with Crippen LogP contribution in [0, 0.1) is 5.82 Å². The van der Waals surface area contributed by atoms with Crippen molar-refractivity contribution in [1.82, 2.24) is 0 Å². The van der Waals surface area contributed by atoms with Gasteiger partial charge in [-0.3, -0.25) is 4.79 Å². The van der Waals surface area contributed by atoms with Gasteiger partial charge in [-0.25, -0.2) is 4.39 Å². The van der Waals surface area contributed by atoms with Crippen molar-refractivity contribution in [2.24, 2.45) is 0 Å². The monoisotopic (exact) mass is 233 g/mol. The van der Waals surface area contributed by atoms with Crippen molar-refractivity contribution < 1.29 is 18.7 Å². The summed E-state index contributed by atoms with van der Waals surface area (Å²) in [6.07, 6.45) is 2.87. The Hall–Kier alpha value is -2.43. The van der Waals surface area contributed by atoms with E-state index < -0.39 is 17.2 Å². The van der Waals surface area contributed by atoms with Crippen molar-refractivity contribution in [3.05, 3.63) is 52.1 Å². The normalized spacial score (nSPS) is 11.1. The van der Waals surface area contributed by atoms with Gasteiger partial charge in [0.25, 0.3) is 0 Å². The molecule has 0 aliphatic rings. The molecule has 2 aromatic rings. The molecule has 17 heavy (non-hydrogen) atoms. The van der Waals surface area contributed by atoms with E-state index in [9.17, 15) is 19.1 Å². The van der Waals surface area contributed by atoms with Gasteiger partial charge < -0.3 is 14.3 Å². The molecule has 0 radical (unpaired) electrons. The minimum atomic E-state index is -1.41. The van der Waals surface area contributed by atoms with Crippen LogP contribution < -0.4 is 10.5 Å². The van der Waals surface area contributed by atoms with Crippen LogP contribution in [0.15, 0.2) is 39.7 Å². The Labute approximate surface area is 94.6 Å². The van der Waals surface area contributed by atoms with E-state index in [-0.39, 0.29) is 16.5 Å². The van der Waals surface area contributed by atoms with Crippen LogP contribution >= 0.6 is 0 Å². The summed E-state index contributed by atoms with van der Waals surface area (Å²) in [4.78, 5) is 22.0. The summed E-state index contributed by atoms with van der Waals surface area (Å²) < 4.78 is 17.9. The first-order valence-electron chi connectivity index (χ1n) is 4.68. The SMILES string of the molecule is O=C([O-])/C=C/c1coc2cc(F)ccc2c1=O. The number of hydrogen-bond donors (Lipinski definition) is 0. The fraction of sp³-hybridized carbons (Fsp3) is 0. The minimum Gasteiger partial charge on any atom is -0.545 e. The zero-order valence-corrected chi connectivity index (χ0v) is 8.48. The molecule has 86 valence electrons. The number of carboxylic acid groups (broad SMARTS) is 1. The molecule has 0 spiro atoms. The van der Waals surface area contributed by atoms with Crippen LogP contribution in [0.3, 0.4) is 0 Å². The smallest absolute Gasteiger partial charge is 0.199 e. The summed E-state index contributed by atoms with van der Waals surface area (Å²) in [5, 5.41) is 10.4. The molecule has 5 heteroatoms. The number of halogens is 1. The molecule has 0 fully saturated rings. The van der Waals surface area contributed by atoms with Crippen LogP contribution in [-0.4, -0.2) is 5.97 Å². The molecular weight excluding hydrogens is 227 g/mol. The van der Waals surface area contributed by atoms with Crippen LogP contribution in [0.2, 0.25) is 0 Å². The van der Waals surface area contributed by atoms with Crippen molar-refractivity contribution >= 4 is 23.0 Å². The van der Waals surface area contributed by atoms with E-state index in [0.717, 1.165) is 30.5 Å². The molecule has 2 rings (SSSR count). The summed E-state index contributed by atoms with van der Waals surface area (Å²) in [6.45, 7) is 0. The highest BCUT2D eigenvalue weighted by Crippen LogP contribution is 2.13. The molecule has 0 saturated carbocycles. The number of benzene rings is 1. The fourth-order valence-corrected chi connectivity index (χ4v) is 1.39. The van der Waals surface area contributed by atoms with Gasteiger partial charge in [0.1, 0.15) is 17.7 Å². The highest BCUT2D eigenvalue weighted by Gasteiger charge is 2.05. The summed E-state index contributed by atoms with van der Waals surface area (Å²) in [5.41, 5.74) is -0.252. The average molecular weight is 233 g/mol. The number of fused-ring (bicyclic) bond motifs is 1. The van der Waals surface area contributed by atoms with Crippen molar-refractivity contribution in [2.75, 3.05) is 0 Å². The standard InChI is InChI=1S/C12H7FO4/c13-8-2-3-9-10(5-8)17-6-7(12(9)16)1-4-11(14)15/h1-6H,(H,14,15)/p-1/b4-1+. The largest absolute Gasteiger partial charge is 0.545 e. The lowest BCUT2D eigenvalue weighted by Gasteiger charge is -1.98. The second-order valence-corrected chi connectivity index (χ2v) is 3.31. The Morgan fingerprint density at radius 1 is 1.41 bits per heavy atom. The lowest BCUT2D eigenvalue weighted by molar-refractivity contribution is -0.297. The number of rotatable bonds is 2. The van der Waals surface area contributed by atoms with Gasteiger partial charge in [0.05, 0.1) is 16.9 Å². The van der Waals surface area contributed by atoms with E-state index in [4.69, 9.17) is 4.42 Å². The average Bonchev–Trinajstić information content (AvgIpc) is 2.27. The predicted molar refractivity (Wildman–Crippen MR) is 56.5 cm³/mol. The van der Waals surface area contributed by atoms with E-state index in [0.29, 0.717) is 0 Å². The highest BCUT2D eigenvalue weighted by molar-refractivity contribution is 5.85. The Morgan fingerprint density at radius 3 is 2.88 bits per heavy atom. The van der Waals surface area contributed by atoms with Gasteiger partial charge in [-0.1, -0.05) is 0 Å². The summed E-state index contributed by atoms with van der Waals surface area (Å²) in [6, 6.07) is 3.50. The van der Waals surface area contributed by atoms with Gasteiger partial charge in [0, 0.05) is 6.07 Å². The molecular formula is C12H6FO4-. The van der Waals surface area contributed by atoms with E-state index in [1.165, 1.54) is 6.07 Å². The van der Waals surface area contributed by atoms with Crippen molar-refractivity contribution in [2.45, 2.75) is 0 Å². The van der Waals surface area contributed by atoms with Gasteiger partial charge in [-0.15, -0.1) is 0 Å². The number of carbonyl (C=O) groups is 1. The molecule has 0 amide bonds. The van der Waals surface area contributed by atoms with Crippen LogP contribution in [-0.2, 0) is 4.79 Å². The molecule has 0 unspecified atom stereocenters. The summed E-state index contributed by atoms with van der Waals surface area (Å²) in [5.74, 6) is -1.93. The summed E-state index contributed by atoms with van der Waals surface area (Å²) in [7, 11) is 0. The van der Waals surface area contributed by atoms with Gasteiger partial charge in [-0.2, -0.15) is 0 Å². The van der Waals surface area contributed by atoms with Crippen LogP contribution in [0.4, 0.5) is 4.39 Å². The maximum Gasteiger partial charge on any atom is 0.199 e. The Kier molecular flexibility index (Phi) is 2.74. The highest BCUT2D eigenvalue weighted by atomic mass is 19.1. The maximum atomic E-state index is 12.9. The second-order valence-electron chi connectivity index (χ2n) is 3.31. The van der Waals surface area contributed by atoms with E-state index in [2.05, 4.69) is 0 Å². The summed E-state index contributed by atoms with van der Waals surface area (Å²) >= 11 is 0. The Balaban J connectivity index is 2.62. The molecule has 0 saturated heterocycles. The van der Waals surface area contributed by atoms with Gasteiger partial charge in [0.2, 0.25) is 0 Å². The molecule has 0 aliphatic heterocycles. The van der Waals surface area contributed by atoms with E-state index >= 15 is 0 Å². The molecule has 0 aliphatic carbocycles. The lowest BCUT2D eigenvalue weighted by Crippen LogP contribution is -2.18. The van der Waals surface area contributed by atoms with Crippen LogP contribution in [0.25, 0.3) is 17.0 Å². The zero-order chi connectivity index (χ0) is 12.4. The first-order valence-corrected chi connectivity index (χ1v) is 4.68. The molecule has 1 heterocycles. The number of hydrogen-bond acceptors (Lipinski definition) is 4. The zero-order valence-electron chi connectivity index (χ0n) is 8.48. The van der Waals surface area contributed by atoms with Gasteiger partial charge in [0.15, 0.2) is 5.43 Å². The topological polar surface area (TPSA) is 70.3 Å². The maximum absolute atomic E-state index is 12.9. The van der Waals surface area contributed by atoms with Crippen molar-refractivity contribution in [3.8, 4) is 0 Å². The van der Waals surface area contributed by atoms with E-state index in [1.807, 2.05) is 0 Å². The molecule has 0 atom stereocenters. The lowest BCUT2D eigenvalue weighted by atomic mass is 10.1. The van der Waals surface area contributed by atoms with Crippen LogP contribution in [0.1, 0.15) is 5.56 Å². The first kappa shape index (κ1) is 11.1. The number of aliphatic carboxylic acids is 1. The predicted octanol–water partition coefficient (Wildman–Crippen LogP) is 0.695. The third-order valence-corrected chi connectivity index (χ3v) is 2.16. The molecule has 1 aromatic heterocycles. The first-order chi connectivity index (χ1) is 8.08. The van der Waals surface area contributed by atoms with Crippen molar-refractivity contribution in [1.29, 1.82) is 0 Å². The second kappa shape index (κ2) is 4.21. The van der Waals surface area contributed by atoms with Gasteiger partial charge >= 0.3 is 0 Å². The van der Waals surface area contributed by atoms with Crippen LogP contribution in [0.5, 0.6) is 0 Å². The molecule has 0 bridgehead atoms. The van der Waals surface area contributed by atoms with Gasteiger partial charge in [-0.05, 0) is 24.3 Å². The number of carboxylic acids is 1. The Bertz CT molecular complexity index is 670. The number of carbonyl (C=O) groups excluding carboxylic acids is 1. The minimum absolute atomic E-state index is 0.0632.